The Bertz CT molecular complexity index is 811. The Morgan fingerprint density at radius 3 is 2.09 bits per heavy atom. The topological polar surface area (TPSA) is 188 Å². The molecule has 2 aromatic rings. The number of benzene rings is 1. The fraction of sp³-hybridized carbons (Fsp3) is 0. The lowest BCUT2D eigenvalue weighted by Gasteiger charge is -2.07. The van der Waals surface area contributed by atoms with E-state index in [0.717, 1.165) is 18.2 Å². The average molecular weight is 301 g/mol. The molecule has 0 fully saturated rings. The lowest BCUT2D eigenvalue weighted by atomic mass is 10.0. The summed E-state index contributed by atoms with van der Waals surface area (Å²) in [4.78, 5) is 27.9. The first-order valence-electron chi connectivity index (χ1n) is 5.62. The quantitative estimate of drug-likeness (QED) is 0.615. The van der Waals surface area contributed by atoms with Crippen LogP contribution in [0.3, 0.4) is 0 Å². The molecule has 0 bridgehead atoms. The summed E-state index contributed by atoms with van der Waals surface area (Å²) in [5, 5.41) is 31.4. The third kappa shape index (κ3) is 2.31. The van der Waals surface area contributed by atoms with Gasteiger partial charge in [0.1, 0.15) is 23.1 Å². The van der Waals surface area contributed by atoms with Crippen molar-refractivity contribution < 1.29 is 9.85 Å². The summed E-state index contributed by atoms with van der Waals surface area (Å²) >= 11 is 0. The SMILES string of the molecule is N#Cc1c(N)nc(N)nc1-c1c([N+](=O)[O-])cccc1[N+](=O)[O-]. The van der Waals surface area contributed by atoms with Crippen molar-refractivity contribution in [2.24, 2.45) is 0 Å². The predicted octanol–water partition coefficient (Wildman–Crippen LogP) is 0.996. The zero-order chi connectivity index (χ0) is 16.4. The first-order chi connectivity index (χ1) is 10.4. The van der Waals surface area contributed by atoms with Gasteiger partial charge in [0.2, 0.25) is 5.95 Å². The molecule has 0 aliphatic heterocycles. The molecule has 1 aromatic carbocycles. The summed E-state index contributed by atoms with van der Waals surface area (Å²) < 4.78 is 0. The van der Waals surface area contributed by atoms with Gasteiger partial charge in [0.05, 0.1) is 9.85 Å². The highest BCUT2D eigenvalue weighted by atomic mass is 16.6. The number of anilines is 2. The Kier molecular flexibility index (Phi) is 3.51. The van der Waals surface area contributed by atoms with Gasteiger partial charge >= 0.3 is 0 Å². The van der Waals surface area contributed by atoms with Crippen molar-refractivity contribution in [2.75, 3.05) is 11.5 Å². The van der Waals surface area contributed by atoms with Crippen LogP contribution in [0.2, 0.25) is 0 Å². The van der Waals surface area contributed by atoms with Crippen LogP contribution in [0.1, 0.15) is 5.56 Å². The molecule has 11 heteroatoms. The van der Waals surface area contributed by atoms with Gasteiger partial charge in [0.15, 0.2) is 5.56 Å². The zero-order valence-electron chi connectivity index (χ0n) is 10.8. The maximum absolute atomic E-state index is 11.1. The van der Waals surface area contributed by atoms with E-state index in [1.807, 2.05) is 0 Å². The maximum atomic E-state index is 11.1. The van der Waals surface area contributed by atoms with E-state index < -0.39 is 26.8 Å². The predicted molar refractivity (Wildman–Crippen MR) is 74.3 cm³/mol. The molecule has 0 aliphatic carbocycles. The van der Waals surface area contributed by atoms with Crippen LogP contribution < -0.4 is 11.5 Å². The zero-order valence-corrected chi connectivity index (χ0v) is 10.8. The van der Waals surface area contributed by atoms with Crippen LogP contribution >= 0.6 is 0 Å². The van der Waals surface area contributed by atoms with Crippen LogP contribution in [-0.4, -0.2) is 19.8 Å². The molecule has 0 aliphatic rings. The molecule has 1 heterocycles. The van der Waals surface area contributed by atoms with Crippen molar-refractivity contribution in [1.82, 2.24) is 9.97 Å². The number of nitriles is 1. The molecule has 0 spiro atoms. The second-order valence-corrected chi connectivity index (χ2v) is 3.99. The second-order valence-electron chi connectivity index (χ2n) is 3.99. The van der Waals surface area contributed by atoms with E-state index in [1.165, 1.54) is 0 Å². The summed E-state index contributed by atoms with van der Waals surface area (Å²) in [5.41, 5.74) is 8.63. The normalized spacial score (nSPS) is 9.95. The minimum absolute atomic E-state index is 0.322. The van der Waals surface area contributed by atoms with Crippen molar-refractivity contribution in [2.45, 2.75) is 0 Å². The van der Waals surface area contributed by atoms with Gasteiger partial charge in [-0.25, -0.2) is 4.98 Å². The van der Waals surface area contributed by atoms with E-state index >= 15 is 0 Å². The van der Waals surface area contributed by atoms with E-state index in [1.54, 1.807) is 6.07 Å². The summed E-state index contributed by atoms with van der Waals surface area (Å²) in [7, 11) is 0. The third-order valence-electron chi connectivity index (χ3n) is 2.72. The second kappa shape index (κ2) is 5.29. The van der Waals surface area contributed by atoms with Gasteiger partial charge in [-0.2, -0.15) is 10.2 Å². The molecule has 110 valence electrons. The first-order valence-corrected chi connectivity index (χ1v) is 5.62. The van der Waals surface area contributed by atoms with E-state index in [9.17, 15) is 20.2 Å². The smallest absolute Gasteiger partial charge is 0.285 e. The Morgan fingerprint density at radius 2 is 1.64 bits per heavy atom. The van der Waals surface area contributed by atoms with Crippen LogP contribution in [0, 0.1) is 31.6 Å². The van der Waals surface area contributed by atoms with Crippen molar-refractivity contribution in [1.29, 1.82) is 5.26 Å². The number of rotatable bonds is 3. The largest absolute Gasteiger partial charge is 0.382 e. The van der Waals surface area contributed by atoms with Crippen LogP contribution in [0.15, 0.2) is 18.2 Å². The maximum Gasteiger partial charge on any atom is 0.285 e. The number of nitrogens with two attached hydrogens (primary N) is 2. The number of aromatic nitrogens is 2. The molecule has 22 heavy (non-hydrogen) atoms. The minimum atomic E-state index is -0.821. The summed E-state index contributed by atoms with van der Waals surface area (Å²) in [6.45, 7) is 0. The van der Waals surface area contributed by atoms with Crippen molar-refractivity contribution in [3.8, 4) is 17.3 Å². The summed E-state index contributed by atoms with van der Waals surface area (Å²) in [5.74, 6) is -0.684. The Labute approximate surface area is 122 Å². The van der Waals surface area contributed by atoms with Crippen molar-refractivity contribution in [3.63, 3.8) is 0 Å². The Balaban J connectivity index is 2.97. The fourth-order valence-corrected chi connectivity index (χ4v) is 1.86. The Hall–Kier alpha value is -3.81. The van der Waals surface area contributed by atoms with E-state index in [0.29, 0.717) is 0 Å². The van der Waals surface area contributed by atoms with Crippen LogP contribution in [0.25, 0.3) is 11.3 Å². The molecule has 0 unspecified atom stereocenters. The third-order valence-corrected chi connectivity index (χ3v) is 2.72. The lowest BCUT2D eigenvalue weighted by molar-refractivity contribution is -0.392. The number of nitro benzene ring substituents is 2. The number of nitrogens with zero attached hydrogens (tertiary/aromatic N) is 5. The van der Waals surface area contributed by atoms with Gasteiger partial charge in [0.25, 0.3) is 11.4 Å². The molecule has 0 saturated heterocycles. The van der Waals surface area contributed by atoms with Gasteiger partial charge < -0.3 is 11.5 Å². The highest BCUT2D eigenvalue weighted by Gasteiger charge is 2.30. The van der Waals surface area contributed by atoms with Crippen LogP contribution in [-0.2, 0) is 0 Å². The molecule has 0 saturated carbocycles. The van der Waals surface area contributed by atoms with Crippen molar-refractivity contribution in [3.05, 3.63) is 44.0 Å². The molecular weight excluding hydrogens is 294 g/mol. The minimum Gasteiger partial charge on any atom is -0.382 e. The lowest BCUT2D eigenvalue weighted by Crippen LogP contribution is -2.07. The summed E-state index contributed by atoms with van der Waals surface area (Å²) in [6, 6.07) is 4.93. The van der Waals surface area contributed by atoms with E-state index in [2.05, 4.69) is 9.97 Å². The number of hydrogen-bond donors (Lipinski definition) is 2. The Morgan fingerprint density at radius 1 is 1.09 bits per heavy atom. The number of hydrogen-bond acceptors (Lipinski definition) is 9. The van der Waals surface area contributed by atoms with Gasteiger partial charge in [-0.05, 0) is 6.07 Å². The van der Waals surface area contributed by atoms with Gasteiger partial charge in [-0.15, -0.1) is 0 Å². The number of nitro groups is 2. The molecule has 4 N–H and O–H groups in total. The first kappa shape index (κ1) is 14.6. The van der Waals surface area contributed by atoms with Crippen molar-refractivity contribution >= 4 is 23.1 Å². The molecule has 11 nitrogen and oxygen atoms in total. The van der Waals surface area contributed by atoms with Crippen LogP contribution in [0.5, 0.6) is 0 Å². The molecule has 0 amide bonds. The summed E-state index contributed by atoms with van der Waals surface area (Å²) in [6.07, 6.45) is 0. The van der Waals surface area contributed by atoms with Gasteiger partial charge in [0, 0.05) is 12.1 Å². The molecule has 0 atom stereocenters. The van der Waals surface area contributed by atoms with Gasteiger partial charge in [-0.3, -0.25) is 20.2 Å². The molecular formula is C11H7N7O4. The highest BCUT2D eigenvalue weighted by Crippen LogP contribution is 2.39. The van der Waals surface area contributed by atoms with E-state index in [4.69, 9.17) is 16.7 Å². The number of nitrogen functional groups attached to an aromatic ring is 2. The van der Waals surface area contributed by atoms with E-state index in [-0.39, 0.29) is 23.0 Å². The highest BCUT2D eigenvalue weighted by molar-refractivity contribution is 5.85. The molecule has 2 rings (SSSR count). The fourth-order valence-electron chi connectivity index (χ4n) is 1.86. The average Bonchev–Trinajstić information content (AvgIpc) is 2.45. The van der Waals surface area contributed by atoms with Crippen LogP contribution in [0.4, 0.5) is 23.1 Å². The monoisotopic (exact) mass is 301 g/mol. The standard InChI is InChI=1S/C11H7N7O4/c12-4-5-9(15-11(14)16-10(5)13)8-6(17(19)20)2-1-3-7(8)18(21)22/h1-3H,(H4,13,14,15,16). The van der Waals surface area contributed by atoms with Gasteiger partial charge in [-0.1, -0.05) is 0 Å². The molecule has 0 radical (unpaired) electrons. The molecule has 1 aromatic heterocycles.